The molecule has 0 saturated carbocycles. The zero-order valence-corrected chi connectivity index (χ0v) is 9.74. The van der Waals surface area contributed by atoms with Crippen LogP contribution in [-0.4, -0.2) is 42.4 Å². The number of rotatable bonds is 3. The van der Waals surface area contributed by atoms with Gasteiger partial charge in [0.15, 0.2) is 0 Å². The molecule has 0 aromatic heterocycles. The predicted octanol–water partition coefficient (Wildman–Crippen LogP) is -2.30. The summed E-state index contributed by atoms with van der Waals surface area (Å²) < 4.78 is 129. The van der Waals surface area contributed by atoms with E-state index >= 15 is 0 Å². The third-order valence-corrected chi connectivity index (χ3v) is 3.68. The Balaban J connectivity index is -0.00000128. The van der Waals surface area contributed by atoms with Crippen molar-refractivity contribution in [3.63, 3.8) is 0 Å². The summed E-state index contributed by atoms with van der Waals surface area (Å²) in [5, 5.41) is -13.7. The molecule has 0 rings (SSSR count). The Hall–Kier alpha value is -0.00260. The van der Waals surface area contributed by atoms with Crippen molar-refractivity contribution in [2.45, 2.75) is 16.4 Å². The van der Waals surface area contributed by atoms with Crippen LogP contribution in [-0.2, 0) is 20.2 Å². The quantitative estimate of drug-likeness (QED) is 0.344. The summed E-state index contributed by atoms with van der Waals surface area (Å²) >= 11 is 0. The van der Waals surface area contributed by atoms with Crippen molar-refractivity contribution in [3.8, 4) is 0 Å². The molecule has 0 radical (unpaired) electrons. The van der Waals surface area contributed by atoms with Gasteiger partial charge in [-0.15, -0.1) is 0 Å². The van der Waals surface area contributed by atoms with Crippen LogP contribution in [0.2, 0.25) is 0 Å². The van der Waals surface area contributed by atoms with Crippen LogP contribution in [0.25, 0.3) is 0 Å². The standard InChI is InChI=1S/C3H2F6O6S2.Li.H/c4-1(2(5,6)7,16(10,11)12)3(8,9)17(13,14)15;;/h(H,10,11,12)(H,13,14,15);;/q;+1;-1. The van der Waals surface area contributed by atoms with Crippen LogP contribution in [0.3, 0.4) is 0 Å². The van der Waals surface area contributed by atoms with Gasteiger partial charge in [-0.25, -0.2) is 4.39 Å². The fourth-order valence-corrected chi connectivity index (χ4v) is 2.30. The molecule has 6 nitrogen and oxygen atoms in total. The van der Waals surface area contributed by atoms with E-state index in [0.717, 1.165) is 0 Å². The molecule has 0 aromatic carbocycles. The third-order valence-electron chi connectivity index (χ3n) is 1.42. The number of halogens is 6. The molecular weight excluding hydrogens is 317 g/mol. The van der Waals surface area contributed by atoms with Crippen molar-refractivity contribution >= 4 is 20.2 Å². The molecule has 15 heteroatoms. The van der Waals surface area contributed by atoms with Crippen LogP contribution < -0.4 is 18.9 Å². The molecule has 0 aliphatic rings. The van der Waals surface area contributed by atoms with Gasteiger partial charge in [-0.3, -0.25) is 9.11 Å². The molecule has 0 bridgehead atoms. The molecule has 0 fully saturated rings. The first-order valence-corrected chi connectivity index (χ1v) is 5.95. The molecule has 0 spiro atoms. The van der Waals surface area contributed by atoms with Crippen molar-refractivity contribution in [2.24, 2.45) is 0 Å². The van der Waals surface area contributed by atoms with Crippen LogP contribution in [0, 0.1) is 0 Å². The average molecular weight is 320 g/mol. The minimum Gasteiger partial charge on any atom is -1.00 e. The largest absolute Gasteiger partial charge is 1.00 e. The first kappa shape index (κ1) is 20.3. The summed E-state index contributed by atoms with van der Waals surface area (Å²) in [6.45, 7) is 0. The average Bonchev–Trinajstić information content (AvgIpc) is 1.95. The second kappa shape index (κ2) is 4.83. The Bertz CT molecular complexity index is 514. The molecule has 2 N–H and O–H groups in total. The van der Waals surface area contributed by atoms with Crippen LogP contribution in [0.15, 0.2) is 0 Å². The second-order valence-electron chi connectivity index (χ2n) is 2.56. The predicted molar refractivity (Wildman–Crippen MR) is 39.1 cm³/mol. The molecule has 1 unspecified atom stereocenters. The van der Waals surface area contributed by atoms with Gasteiger partial charge >= 0.3 is 55.5 Å². The van der Waals surface area contributed by atoms with Gasteiger partial charge in [-0.2, -0.15) is 38.8 Å². The maximum Gasteiger partial charge on any atom is 1.00 e. The summed E-state index contributed by atoms with van der Waals surface area (Å²) in [7, 11) is -14.3. The SMILES string of the molecule is O=S(=O)(O)C(F)(F)C(F)(C(F)(F)F)S(=O)(=O)O.[H-].[Li+]. The van der Waals surface area contributed by atoms with E-state index in [2.05, 4.69) is 0 Å². The van der Waals surface area contributed by atoms with Gasteiger partial charge in [0.25, 0.3) is 0 Å². The Morgan fingerprint density at radius 1 is 0.778 bits per heavy atom. The van der Waals surface area contributed by atoms with Crippen LogP contribution >= 0.6 is 0 Å². The monoisotopic (exact) mass is 320 g/mol. The van der Waals surface area contributed by atoms with Gasteiger partial charge in [0, 0.05) is 0 Å². The van der Waals surface area contributed by atoms with Crippen molar-refractivity contribution in [3.05, 3.63) is 0 Å². The Kier molecular flexibility index (Phi) is 5.46. The number of hydrogen-bond acceptors (Lipinski definition) is 4. The van der Waals surface area contributed by atoms with Gasteiger partial charge < -0.3 is 1.43 Å². The van der Waals surface area contributed by atoms with Gasteiger partial charge in [-0.05, 0) is 0 Å². The van der Waals surface area contributed by atoms with E-state index in [1.807, 2.05) is 0 Å². The summed E-state index contributed by atoms with van der Waals surface area (Å²) in [5.41, 5.74) is 0. The fraction of sp³-hybridized carbons (Fsp3) is 1.00. The minimum atomic E-state index is -7.24. The smallest absolute Gasteiger partial charge is 1.00 e. The first-order valence-electron chi connectivity index (χ1n) is 3.07. The summed E-state index contributed by atoms with van der Waals surface area (Å²) in [6.07, 6.45) is -7.01. The Morgan fingerprint density at radius 2 is 1.06 bits per heavy atom. The number of hydrogen-bond donors (Lipinski definition) is 2. The van der Waals surface area contributed by atoms with Crippen molar-refractivity contribution in [1.29, 1.82) is 0 Å². The Morgan fingerprint density at radius 3 is 1.11 bits per heavy atom. The number of alkyl halides is 6. The van der Waals surface area contributed by atoms with Crippen LogP contribution in [0.1, 0.15) is 1.43 Å². The molecular formula is C3H3F6LiO6S2. The van der Waals surface area contributed by atoms with Gasteiger partial charge in [0.05, 0.1) is 0 Å². The molecule has 106 valence electrons. The molecule has 0 saturated heterocycles. The normalized spacial score (nSPS) is 17.8. The van der Waals surface area contributed by atoms with Gasteiger partial charge in [0.2, 0.25) is 0 Å². The molecule has 1 atom stereocenters. The first-order chi connectivity index (χ1) is 7.00. The van der Waals surface area contributed by atoms with E-state index < -0.39 is 36.7 Å². The molecule has 0 heterocycles. The van der Waals surface area contributed by atoms with E-state index in [1.54, 1.807) is 0 Å². The summed E-state index contributed by atoms with van der Waals surface area (Å²) in [5.74, 6) is 0. The van der Waals surface area contributed by atoms with Crippen molar-refractivity contribution in [1.82, 2.24) is 0 Å². The molecule has 0 aliphatic carbocycles. The molecule has 0 aliphatic heterocycles. The van der Waals surface area contributed by atoms with E-state index in [-0.39, 0.29) is 20.3 Å². The van der Waals surface area contributed by atoms with Gasteiger partial charge in [0.1, 0.15) is 0 Å². The van der Waals surface area contributed by atoms with E-state index in [1.165, 1.54) is 0 Å². The molecule has 0 amide bonds. The third kappa shape index (κ3) is 2.78. The minimum absolute atomic E-state index is 0. The van der Waals surface area contributed by atoms with Crippen molar-refractivity contribution < 1.29 is 72.6 Å². The van der Waals surface area contributed by atoms with Gasteiger partial charge in [-0.1, -0.05) is 0 Å². The molecule has 18 heavy (non-hydrogen) atoms. The van der Waals surface area contributed by atoms with Crippen LogP contribution in [0.4, 0.5) is 26.3 Å². The zero-order chi connectivity index (χ0) is 14.5. The topological polar surface area (TPSA) is 109 Å². The van der Waals surface area contributed by atoms with E-state index in [9.17, 15) is 43.2 Å². The maximum atomic E-state index is 12.8. The summed E-state index contributed by atoms with van der Waals surface area (Å²) in [4.78, 5) is 0. The van der Waals surface area contributed by atoms with E-state index in [0.29, 0.717) is 0 Å². The zero-order valence-electron chi connectivity index (χ0n) is 9.11. The Labute approximate surface area is 110 Å². The second-order valence-corrected chi connectivity index (χ2v) is 5.54. The summed E-state index contributed by atoms with van der Waals surface area (Å²) in [6, 6.07) is 0. The van der Waals surface area contributed by atoms with Crippen molar-refractivity contribution in [2.75, 3.05) is 0 Å². The molecule has 0 aromatic rings. The van der Waals surface area contributed by atoms with Crippen LogP contribution in [0.5, 0.6) is 0 Å². The van der Waals surface area contributed by atoms with E-state index in [4.69, 9.17) is 9.11 Å². The fourth-order valence-electron chi connectivity index (χ4n) is 0.627. The maximum absolute atomic E-state index is 12.8.